The van der Waals surface area contributed by atoms with E-state index < -0.39 is 0 Å². The fourth-order valence-electron chi connectivity index (χ4n) is 1.87. The lowest BCUT2D eigenvalue weighted by atomic mass is 10.0. The number of nitrogens with zero attached hydrogens (tertiary/aromatic N) is 1. The van der Waals surface area contributed by atoms with Gasteiger partial charge in [-0.3, -0.25) is 4.79 Å². The van der Waals surface area contributed by atoms with E-state index in [9.17, 15) is 4.79 Å². The van der Waals surface area contributed by atoms with Crippen molar-refractivity contribution in [2.75, 3.05) is 0 Å². The highest BCUT2D eigenvalue weighted by atomic mass is 35.5. The number of rotatable bonds is 4. The van der Waals surface area contributed by atoms with Gasteiger partial charge >= 0.3 is 0 Å². The zero-order valence-electron chi connectivity index (χ0n) is 10.9. The Morgan fingerprint density at radius 2 is 1.95 bits per heavy atom. The molecule has 0 spiro atoms. The van der Waals surface area contributed by atoms with Gasteiger partial charge in [-0.2, -0.15) is 0 Å². The molecule has 1 aromatic heterocycles. The molecule has 0 saturated carbocycles. The molecular weight excluding hydrogens is 281 g/mol. The molecule has 0 aliphatic carbocycles. The van der Waals surface area contributed by atoms with E-state index in [1.54, 1.807) is 6.07 Å². The third kappa shape index (κ3) is 3.40. The van der Waals surface area contributed by atoms with E-state index in [2.05, 4.69) is 0 Å². The smallest absolute Gasteiger partial charge is 0.166 e. The lowest BCUT2D eigenvalue weighted by Gasteiger charge is -2.05. The van der Waals surface area contributed by atoms with Crippen LogP contribution in [-0.4, -0.2) is 10.4 Å². The minimum absolute atomic E-state index is 0.0147. The fourth-order valence-corrected chi connectivity index (χ4v) is 2.19. The van der Waals surface area contributed by atoms with Crippen LogP contribution in [0.3, 0.4) is 0 Å². The SMILES string of the molecule is CC(C)C(=O)c1ccn(Cc2ccc(Cl)c(Cl)c2)c1. The van der Waals surface area contributed by atoms with Crippen molar-refractivity contribution in [2.24, 2.45) is 5.92 Å². The Kier molecular flexibility index (Phi) is 4.33. The maximum Gasteiger partial charge on any atom is 0.166 e. The first-order chi connectivity index (χ1) is 8.97. The summed E-state index contributed by atoms with van der Waals surface area (Å²) >= 11 is 11.9. The summed E-state index contributed by atoms with van der Waals surface area (Å²) in [5, 5.41) is 1.10. The summed E-state index contributed by atoms with van der Waals surface area (Å²) in [5.74, 6) is 0.175. The molecule has 2 aromatic rings. The van der Waals surface area contributed by atoms with Crippen LogP contribution in [0.5, 0.6) is 0 Å². The summed E-state index contributed by atoms with van der Waals surface area (Å²) in [6, 6.07) is 7.40. The van der Waals surface area contributed by atoms with E-state index in [-0.39, 0.29) is 11.7 Å². The van der Waals surface area contributed by atoms with Gasteiger partial charge in [0.15, 0.2) is 5.78 Å². The number of ketones is 1. The third-order valence-electron chi connectivity index (χ3n) is 2.91. The van der Waals surface area contributed by atoms with Crippen LogP contribution in [0.4, 0.5) is 0 Å². The monoisotopic (exact) mass is 295 g/mol. The second kappa shape index (κ2) is 5.81. The molecule has 100 valence electrons. The van der Waals surface area contributed by atoms with Crippen LogP contribution in [0.15, 0.2) is 36.7 Å². The molecule has 4 heteroatoms. The van der Waals surface area contributed by atoms with Gasteiger partial charge in [0, 0.05) is 30.4 Å². The predicted molar refractivity (Wildman–Crippen MR) is 79.2 cm³/mol. The molecule has 2 nitrogen and oxygen atoms in total. The average molecular weight is 296 g/mol. The molecule has 2 rings (SSSR count). The van der Waals surface area contributed by atoms with Gasteiger partial charge in [-0.25, -0.2) is 0 Å². The molecule has 0 N–H and O–H groups in total. The molecule has 0 atom stereocenters. The number of carbonyl (C=O) groups excluding carboxylic acids is 1. The van der Waals surface area contributed by atoms with Crippen LogP contribution in [0, 0.1) is 5.92 Å². The van der Waals surface area contributed by atoms with Gasteiger partial charge in [-0.05, 0) is 23.8 Å². The van der Waals surface area contributed by atoms with Crippen molar-refractivity contribution in [3.05, 3.63) is 57.8 Å². The first kappa shape index (κ1) is 14.2. The van der Waals surface area contributed by atoms with E-state index in [1.165, 1.54) is 0 Å². The first-order valence-corrected chi connectivity index (χ1v) is 6.87. The van der Waals surface area contributed by atoms with Gasteiger partial charge in [0.05, 0.1) is 10.0 Å². The van der Waals surface area contributed by atoms with Crippen molar-refractivity contribution in [1.82, 2.24) is 4.57 Å². The van der Waals surface area contributed by atoms with Crippen LogP contribution >= 0.6 is 23.2 Å². The van der Waals surface area contributed by atoms with Crippen LogP contribution in [0.25, 0.3) is 0 Å². The summed E-state index contributed by atoms with van der Waals surface area (Å²) in [4.78, 5) is 11.9. The van der Waals surface area contributed by atoms with E-state index in [1.807, 2.05) is 49.0 Å². The van der Waals surface area contributed by atoms with E-state index in [0.717, 1.165) is 11.1 Å². The van der Waals surface area contributed by atoms with Crippen molar-refractivity contribution < 1.29 is 4.79 Å². The number of halogens is 2. The minimum atomic E-state index is 0.0147. The maximum atomic E-state index is 11.9. The highest BCUT2D eigenvalue weighted by Gasteiger charge is 2.11. The van der Waals surface area contributed by atoms with Crippen LogP contribution in [0.1, 0.15) is 29.8 Å². The van der Waals surface area contributed by atoms with Crippen molar-refractivity contribution >= 4 is 29.0 Å². The molecule has 0 unspecified atom stereocenters. The summed E-state index contributed by atoms with van der Waals surface area (Å²) in [5.41, 5.74) is 1.80. The maximum absolute atomic E-state index is 11.9. The molecule has 0 saturated heterocycles. The Bertz CT molecular complexity index is 602. The van der Waals surface area contributed by atoms with Crippen molar-refractivity contribution in [2.45, 2.75) is 20.4 Å². The van der Waals surface area contributed by atoms with E-state index in [4.69, 9.17) is 23.2 Å². The number of hydrogen-bond donors (Lipinski definition) is 0. The average Bonchev–Trinajstić information content (AvgIpc) is 2.81. The van der Waals surface area contributed by atoms with Gasteiger partial charge in [-0.1, -0.05) is 43.1 Å². The lowest BCUT2D eigenvalue weighted by molar-refractivity contribution is 0.0939. The summed E-state index contributed by atoms with van der Waals surface area (Å²) in [7, 11) is 0. The van der Waals surface area contributed by atoms with Crippen molar-refractivity contribution in [3.8, 4) is 0 Å². The summed E-state index contributed by atoms with van der Waals surface area (Å²) in [6.07, 6.45) is 3.77. The number of Topliss-reactive ketones (excluding diaryl/α,β-unsaturated/α-hetero) is 1. The zero-order chi connectivity index (χ0) is 14.0. The Labute approximate surface area is 123 Å². The van der Waals surface area contributed by atoms with Crippen LogP contribution in [-0.2, 0) is 6.54 Å². The Morgan fingerprint density at radius 1 is 1.21 bits per heavy atom. The molecule has 0 bridgehead atoms. The number of hydrogen-bond acceptors (Lipinski definition) is 1. The molecule has 1 aromatic carbocycles. The fraction of sp³-hybridized carbons (Fsp3) is 0.267. The molecule has 0 fully saturated rings. The highest BCUT2D eigenvalue weighted by Crippen LogP contribution is 2.23. The standard InChI is InChI=1S/C15H15Cl2NO/c1-10(2)15(19)12-5-6-18(9-12)8-11-3-4-13(16)14(17)7-11/h3-7,9-10H,8H2,1-2H3. The van der Waals surface area contributed by atoms with E-state index in [0.29, 0.717) is 16.6 Å². The quantitative estimate of drug-likeness (QED) is 0.751. The highest BCUT2D eigenvalue weighted by molar-refractivity contribution is 6.42. The summed E-state index contributed by atoms with van der Waals surface area (Å²) < 4.78 is 1.97. The largest absolute Gasteiger partial charge is 0.349 e. The topological polar surface area (TPSA) is 22.0 Å². The van der Waals surface area contributed by atoms with Crippen LogP contribution < -0.4 is 0 Å². The second-order valence-electron chi connectivity index (χ2n) is 4.84. The molecule has 1 heterocycles. The number of carbonyl (C=O) groups is 1. The molecule has 0 aliphatic rings. The van der Waals surface area contributed by atoms with Crippen LogP contribution in [0.2, 0.25) is 10.0 Å². The third-order valence-corrected chi connectivity index (χ3v) is 3.65. The minimum Gasteiger partial charge on any atom is -0.349 e. The Morgan fingerprint density at radius 3 is 2.58 bits per heavy atom. The normalized spacial score (nSPS) is 11.0. The number of aromatic nitrogens is 1. The molecule has 0 radical (unpaired) electrons. The molecule has 0 aliphatic heterocycles. The van der Waals surface area contributed by atoms with Gasteiger partial charge in [0.25, 0.3) is 0 Å². The molecular formula is C15H15Cl2NO. The second-order valence-corrected chi connectivity index (χ2v) is 5.65. The van der Waals surface area contributed by atoms with Gasteiger partial charge in [-0.15, -0.1) is 0 Å². The number of benzene rings is 1. The molecule has 19 heavy (non-hydrogen) atoms. The summed E-state index contributed by atoms with van der Waals surface area (Å²) in [6.45, 7) is 4.47. The van der Waals surface area contributed by atoms with E-state index >= 15 is 0 Å². The zero-order valence-corrected chi connectivity index (χ0v) is 12.4. The first-order valence-electron chi connectivity index (χ1n) is 6.11. The van der Waals surface area contributed by atoms with Crippen molar-refractivity contribution in [3.63, 3.8) is 0 Å². The van der Waals surface area contributed by atoms with Gasteiger partial charge < -0.3 is 4.57 Å². The Hall–Kier alpha value is -1.25. The predicted octanol–water partition coefficient (Wildman–Crippen LogP) is 4.68. The van der Waals surface area contributed by atoms with Gasteiger partial charge in [0.2, 0.25) is 0 Å². The van der Waals surface area contributed by atoms with Gasteiger partial charge in [0.1, 0.15) is 0 Å². The van der Waals surface area contributed by atoms with Crippen molar-refractivity contribution in [1.29, 1.82) is 0 Å². The molecule has 0 amide bonds. The Balaban J connectivity index is 2.15. The lowest BCUT2D eigenvalue weighted by Crippen LogP contribution is -2.06.